The van der Waals surface area contributed by atoms with Crippen LogP contribution in [0.1, 0.15) is 10.5 Å². The Kier molecular flexibility index (Phi) is 3.47. The van der Waals surface area contributed by atoms with Gasteiger partial charge in [0.15, 0.2) is 5.82 Å². The fourth-order valence-corrected chi connectivity index (χ4v) is 1.28. The van der Waals surface area contributed by atoms with E-state index in [2.05, 4.69) is 15.8 Å². The predicted octanol–water partition coefficient (Wildman–Crippen LogP) is 2.12. The number of nitrogens with one attached hydrogen (secondary N) is 2. The number of pyridine rings is 1. The SMILES string of the molecule is O=C(NNc1ccc(F)cc1F)c1ccccn1. The lowest BCUT2D eigenvalue weighted by Crippen LogP contribution is -2.30. The summed E-state index contributed by atoms with van der Waals surface area (Å²) >= 11 is 0. The lowest BCUT2D eigenvalue weighted by atomic mass is 10.3. The molecule has 0 aliphatic carbocycles. The normalized spacial score (nSPS) is 9.89. The number of carbonyl (C=O) groups is 1. The quantitative estimate of drug-likeness (QED) is 0.819. The second-order valence-corrected chi connectivity index (χ2v) is 3.42. The summed E-state index contributed by atoms with van der Waals surface area (Å²) in [7, 11) is 0. The third kappa shape index (κ3) is 2.79. The molecule has 0 saturated heterocycles. The summed E-state index contributed by atoms with van der Waals surface area (Å²) in [6, 6.07) is 7.82. The third-order valence-corrected chi connectivity index (χ3v) is 2.14. The van der Waals surface area contributed by atoms with E-state index in [1.807, 2.05) is 0 Å². The van der Waals surface area contributed by atoms with Crippen LogP contribution >= 0.6 is 0 Å². The molecule has 18 heavy (non-hydrogen) atoms. The first-order chi connectivity index (χ1) is 8.66. The van der Waals surface area contributed by atoms with Gasteiger partial charge in [0.05, 0.1) is 5.69 Å². The number of nitrogens with zero attached hydrogens (tertiary/aromatic N) is 1. The van der Waals surface area contributed by atoms with E-state index in [0.717, 1.165) is 12.1 Å². The van der Waals surface area contributed by atoms with E-state index in [9.17, 15) is 13.6 Å². The van der Waals surface area contributed by atoms with Crippen LogP contribution in [0.5, 0.6) is 0 Å². The van der Waals surface area contributed by atoms with E-state index in [4.69, 9.17) is 0 Å². The van der Waals surface area contributed by atoms with Crippen LogP contribution in [0.15, 0.2) is 42.6 Å². The number of halogens is 2. The van der Waals surface area contributed by atoms with Gasteiger partial charge in [-0.3, -0.25) is 20.6 Å². The average molecular weight is 249 g/mol. The Morgan fingerprint density at radius 2 is 2.00 bits per heavy atom. The van der Waals surface area contributed by atoms with Crippen molar-refractivity contribution in [3.63, 3.8) is 0 Å². The van der Waals surface area contributed by atoms with Crippen molar-refractivity contribution in [1.82, 2.24) is 10.4 Å². The summed E-state index contributed by atoms with van der Waals surface area (Å²) in [6.45, 7) is 0. The fraction of sp³-hybridized carbons (Fsp3) is 0. The molecule has 1 heterocycles. The van der Waals surface area contributed by atoms with Crippen LogP contribution in [0.2, 0.25) is 0 Å². The molecule has 2 aromatic rings. The van der Waals surface area contributed by atoms with Gasteiger partial charge in [-0.25, -0.2) is 8.78 Å². The smallest absolute Gasteiger partial charge is 0.288 e. The number of hydrazine groups is 1. The first-order valence-electron chi connectivity index (χ1n) is 5.09. The molecular weight excluding hydrogens is 240 g/mol. The van der Waals surface area contributed by atoms with Crippen LogP contribution in [0.25, 0.3) is 0 Å². The molecule has 0 radical (unpaired) electrons. The van der Waals surface area contributed by atoms with E-state index >= 15 is 0 Å². The molecule has 4 nitrogen and oxygen atoms in total. The number of hydrogen-bond donors (Lipinski definition) is 2. The van der Waals surface area contributed by atoms with Crippen molar-refractivity contribution in [2.24, 2.45) is 0 Å². The maximum atomic E-state index is 13.2. The molecule has 1 aromatic carbocycles. The zero-order chi connectivity index (χ0) is 13.0. The van der Waals surface area contributed by atoms with E-state index in [-0.39, 0.29) is 11.4 Å². The zero-order valence-corrected chi connectivity index (χ0v) is 9.15. The van der Waals surface area contributed by atoms with Crippen LogP contribution in [-0.2, 0) is 0 Å². The Balaban J connectivity index is 2.02. The molecule has 1 aromatic heterocycles. The number of carbonyl (C=O) groups excluding carboxylic acids is 1. The van der Waals surface area contributed by atoms with Gasteiger partial charge in [-0.15, -0.1) is 0 Å². The monoisotopic (exact) mass is 249 g/mol. The maximum Gasteiger partial charge on any atom is 0.288 e. The third-order valence-electron chi connectivity index (χ3n) is 2.14. The molecule has 6 heteroatoms. The lowest BCUT2D eigenvalue weighted by molar-refractivity contribution is 0.0957. The van der Waals surface area contributed by atoms with Gasteiger partial charge >= 0.3 is 0 Å². The van der Waals surface area contributed by atoms with Crippen molar-refractivity contribution >= 4 is 11.6 Å². The van der Waals surface area contributed by atoms with Crippen molar-refractivity contribution in [3.8, 4) is 0 Å². The van der Waals surface area contributed by atoms with Crippen molar-refractivity contribution in [2.45, 2.75) is 0 Å². The van der Waals surface area contributed by atoms with Gasteiger partial charge in [0.1, 0.15) is 11.5 Å². The van der Waals surface area contributed by atoms with Gasteiger partial charge in [-0.2, -0.15) is 0 Å². The fourth-order valence-electron chi connectivity index (χ4n) is 1.28. The Hall–Kier alpha value is -2.50. The maximum absolute atomic E-state index is 13.2. The average Bonchev–Trinajstić information content (AvgIpc) is 2.38. The highest BCUT2D eigenvalue weighted by molar-refractivity contribution is 5.92. The van der Waals surface area contributed by atoms with E-state index < -0.39 is 17.5 Å². The number of anilines is 1. The molecular formula is C12H9F2N3O. The number of benzene rings is 1. The molecule has 0 bridgehead atoms. The summed E-state index contributed by atoms with van der Waals surface area (Å²) in [6.07, 6.45) is 1.47. The summed E-state index contributed by atoms with van der Waals surface area (Å²) < 4.78 is 25.9. The summed E-state index contributed by atoms with van der Waals surface area (Å²) in [5.74, 6) is -2.00. The van der Waals surface area contributed by atoms with Crippen molar-refractivity contribution in [3.05, 3.63) is 59.9 Å². The van der Waals surface area contributed by atoms with Crippen LogP contribution < -0.4 is 10.9 Å². The molecule has 0 atom stereocenters. The lowest BCUT2D eigenvalue weighted by Gasteiger charge is -2.08. The van der Waals surface area contributed by atoms with Crippen LogP contribution in [0, 0.1) is 11.6 Å². The van der Waals surface area contributed by atoms with Crippen LogP contribution in [-0.4, -0.2) is 10.9 Å². The van der Waals surface area contributed by atoms with E-state index in [0.29, 0.717) is 0 Å². The highest BCUT2D eigenvalue weighted by Gasteiger charge is 2.07. The second-order valence-electron chi connectivity index (χ2n) is 3.42. The molecule has 1 amide bonds. The number of hydrogen-bond acceptors (Lipinski definition) is 3. The predicted molar refractivity (Wildman–Crippen MR) is 61.7 cm³/mol. The van der Waals surface area contributed by atoms with Crippen molar-refractivity contribution in [1.29, 1.82) is 0 Å². The minimum absolute atomic E-state index is 0.0271. The van der Waals surface area contributed by atoms with Crippen molar-refractivity contribution < 1.29 is 13.6 Å². The van der Waals surface area contributed by atoms with Crippen LogP contribution in [0.3, 0.4) is 0 Å². The molecule has 2 rings (SSSR count). The molecule has 0 fully saturated rings. The molecule has 0 aliphatic rings. The molecule has 0 saturated carbocycles. The molecule has 0 spiro atoms. The molecule has 0 unspecified atom stereocenters. The first-order valence-corrected chi connectivity index (χ1v) is 5.09. The standard InChI is InChI=1S/C12H9F2N3O/c13-8-4-5-10(9(14)7-8)16-17-12(18)11-3-1-2-6-15-11/h1-7,16H,(H,17,18). The zero-order valence-electron chi connectivity index (χ0n) is 9.15. The largest absolute Gasteiger partial charge is 0.295 e. The summed E-state index contributed by atoms with van der Waals surface area (Å²) in [5.41, 5.74) is 4.78. The molecule has 0 aliphatic heterocycles. The minimum atomic E-state index is -0.795. The second kappa shape index (κ2) is 5.22. The summed E-state index contributed by atoms with van der Waals surface area (Å²) in [4.78, 5) is 15.4. The van der Waals surface area contributed by atoms with Gasteiger partial charge in [0.25, 0.3) is 5.91 Å². The highest BCUT2D eigenvalue weighted by atomic mass is 19.1. The topological polar surface area (TPSA) is 54.0 Å². The highest BCUT2D eigenvalue weighted by Crippen LogP contribution is 2.13. The van der Waals surface area contributed by atoms with E-state index in [1.54, 1.807) is 12.1 Å². The van der Waals surface area contributed by atoms with Gasteiger partial charge in [0.2, 0.25) is 0 Å². The number of aromatic nitrogens is 1. The van der Waals surface area contributed by atoms with Gasteiger partial charge in [0, 0.05) is 12.3 Å². The Labute approximate surface area is 102 Å². The first kappa shape index (κ1) is 12.0. The van der Waals surface area contributed by atoms with Crippen LogP contribution in [0.4, 0.5) is 14.5 Å². The Bertz CT molecular complexity index is 561. The molecule has 2 N–H and O–H groups in total. The minimum Gasteiger partial charge on any atom is -0.295 e. The summed E-state index contributed by atoms with van der Waals surface area (Å²) in [5, 5.41) is 0. The Morgan fingerprint density at radius 1 is 1.17 bits per heavy atom. The number of rotatable bonds is 3. The van der Waals surface area contributed by atoms with Gasteiger partial charge < -0.3 is 0 Å². The van der Waals surface area contributed by atoms with E-state index in [1.165, 1.54) is 18.3 Å². The van der Waals surface area contributed by atoms with Gasteiger partial charge in [-0.05, 0) is 24.3 Å². The Morgan fingerprint density at radius 3 is 2.67 bits per heavy atom. The van der Waals surface area contributed by atoms with Crippen molar-refractivity contribution in [2.75, 3.05) is 5.43 Å². The molecule has 92 valence electrons. The van der Waals surface area contributed by atoms with Gasteiger partial charge in [-0.1, -0.05) is 6.07 Å². The number of amides is 1.